The molecule has 0 atom stereocenters. The van der Waals surface area contributed by atoms with Gasteiger partial charge < -0.3 is 11.1 Å². The summed E-state index contributed by atoms with van der Waals surface area (Å²) in [6, 6.07) is 5.13. The number of nitrogens with zero attached hydrogens (tertiary/aromatic N) is 1. The van der Waals surface area contributed by atoms with Gasteiger partial charge in [0.15, 0.2) is 0 Å². The molecule has 1 aliphatic carbocycles. The van der Waals surface area contributed by atoms with E-state index in [1.165, 1.54) is 17.7 Å². The second kappa shape index (κ2) is 5.44. The summed E-state index contributed by atoms with van der Waals surface area (Å²) in [7, 11) is 0. The van der Waals surface area contributed by atoms with E-state index in [1.54, 1.807) is 11.3 Å². The lowest BCUT2D eigenvalue weighted by Gasteiger charge is -2.26. The van der Waals surface area contributed by atoms with Crippen LogP contribution < -0.4 is 11.1 Å². The van der Waals surface area contributed by atoms with Gasteiger partial charge in [0.1, 0.15) is 6.07 Å². The Morgan fingerprint density at radius 1 is 1.44 bits per heavy atom. The first-order valence-corrected chi connectivity index (χ1v) is 6.62. The van der Waals surface area contributed by atoms with Gasteiger partial charge in [0.05, 0.1) is 5.56 Å². The number of hydrogen-bond donors (Lipinski definition) is 2. The molecule has 0 spiro atoms. The van der Waals surface area contributed by atoms with Gasteiger partial charge in [0.2, 0.25) is 0 Å². The Balaban J connectivity index is 1.77. The van der Waals surface area contributed by atoms with Crippen molar-refractivity contribution in [2.45, 2.75) is 44.3 Å². The predicted octanol–water partition coefficient (Wildman–Crippen LogP) is 1.98. The quantitative estimate of drug-likeness (QED) is 0.842. The van der Waals surface area contributed by atoms with Crippen LogP contribution in [0.3, 0.4) is 0 Å². The lowest BCUT2D eigenvalue weighted by Crippen LogP contribution is -2.36. The topological polar surface area (TPSA) is 61.8 Å². The van der Waals surface area contributed by atoms with E-state index < -0.39 is 0 Å². The van der Waals surface area contributed by atoms with Crippen molar-refractivity contribution in [3.05, 3.63) is 21.9 Å². The number of nitrogens with two attached hydrogens (primary N) is 1. The summed E-state index contributed by atoms with van der Waals surface area (Å²) in [5.74, 6) is 0. The zero-order valence-electron chi connectivity index (χ0n) is 9.28. The van der Waals surface area contributed by atoms with E-state index in [0.29, 0.717) is 12.1 Å². The van der Waals surface area contributed by atoms with Crippen LogP contribution in [0.15, 0.2) is 11.4 Å². The van der Waals surface area contributed by atoms with Crippen molar-refractivity contribution in [3.63, 3.8) is 0 Å². The minimum absolute atomic E-state index is 0.407. The summed E-state index contributed by atoms with van der Waals surface area (Å²) < 4.78 is 0. The molecule has 0 amide bonds. The molecule has 1 aromatic heterocycles. The highest BCUT2D eigenvalue weighted by Crippen LogP contribution is 2.19. The van der Waals surface area contributed by atoms with E-state index >= 15 is 0 Å². The minimum atomic E-state index is 0.407. The first kappa shape index (κ1) is 11.6. The Morgan fingerprint density at radius 2 is 2.19 bits per heavy atom. The van der Waals surface area contributed by atoms with Crippen LogP contribution in [-0.4, -0.2) is 12.1 Å². The fourth-order valence-electron chi connectivity index (χ4n) is 2.10. The van der Waals surface area contributed by atoms with Gasteiger partial charge in [-0.3, -0.25) is 0 Å². The van der Waals surface area contributed by atoms with E-state index in [0.717, 1.165) is 24.9 Å². The summed E-state index contributed by atoms with van der Waals surface area (Å²) in [6.07, 6.45) is 4.62. The van der Waals surface area contributed by atoms with E-state index in [1.807, 2.05) is 11.4 Å². The Labute approximate surface area is 100 Å². The molecule has 3 nitrogen and oxygen atoms in total. The van der Waals surface area contributed by atoms with Crippen LogP contribution >= 0.6 is 11.3 Å². The summed E-state index contributed by atoms with van der Waals surface area (Å²) in [4.78, 5) is 1.24. The zero-order valence-corrected chi connectivity index (χ0v) is 10.1. The highest BCUT2D eigenvalue weighted by molar-refractivity contribution is 7.10. The third-order valence-corrected chi connectivity index (χ3v) is 4.06. The maximum Gasteiger partial charge on any atom is 0.100 e. The maximum absolute atomic E-state index is 8.72. The number of hydrogen-bond acceptors (Lipinski definition) is 4. The molecule has 1 aromatic rings. The molecule has 0 radical (unpaired) electrons. The van der Waals surface area contributed by atoms with Gasteiger partial charge in [-0.25, -0.2) is 0 Å². The lowest BCUT2D eigenvalue weighted by atomic mass is 9.92. The van der Waals surface area contributed by atoms with E-state index in [9.17, 15) is 0 Å². The Hall–Kier alpha value is -0.890. The number of nitriles is 1. The second-order valence-electron chi connectivity index (χ2n) is 4.41. The van der Waals surface area contributed by atoms with E-state index in [-0.39, 0.29) is 0 Å². The fraction of sp³-hybridized carbons (Fsp3) is 0.583. The van der Waals surface area contributed by atoms with Crippen LogP contribution in [-0.2, 0) is 6.54 Å². The standard InChI is InChI=1S/C12H17N3S/c13-6-9-5-12(16-8-9)7-15-11-3-1-10(14)2-4-11/h5,8,10-11,15H,1-4,7,14H2. The van der Waals surface area contributed by atoms with Crippen molar-refractivity contribution in [2.24, 2.45) is 5.73 Å². The van der Waals surface area contributed by atoms with E-state index in [4.69, 9.17) is 11.0 Å². The molecule has 0 unspecified atom stereocenters. The third kappa shape index (κ3) is 3.05. The van der Waals surface area contributed by atoms with Crippen LogP contribution in [0.2, 0.25) is 0 Å². The molecule has 1 fully saturated rings. The molecule has 0 aromatic carbocycles. The highest BCUT2D eigenvalue weighted by Gasteiger charge is 2.17. The average Bonchev–Trinajstić information content (AvgIpc) is 2.76. The van der Waals surface area contributed by atoms with Gasteiger partial charge >= 0.3 is 0 Å². The van der Waals surface area contributed by atoms with Crippen LogP contribution in [0.4, 0.5) is 0 Å². The minimum Gasteiger partial charge on any atom is -0.328 e. The first-order valence-electron chi connectivity index (χ1n) is 5.74. The van der Waals surface area contributed by atoms with Crippen molar-refractivity contribution in [2.75, 3.05) is 0 Å². The molecule has 16 heavy (non-hydrogen) atoms. The molecule has 0 aliphatic heterocycles. The highest BCUT2D eigenvalue weighted by atomic mass is 32.1. The van der Waals surface area contributed by atoms with Gasteiger partial charge in [-0.05, 0) is 31.7 Å². The van der Waals surface area contributed by atoms with Crippen LogP contribution in [0.25, 0.3) is 0 Å². The summed E-state index contributed by atoms with van der Waals surface area (Å²) in [6.45, 7) is 0.881. The third-order valence-electron chi connectivity index (χ3n) is 3.12. The Morgan fingerprint density at radius 3 is 2.81 bits per heavy atom. The maximum atomic E-state index is 8.72. The molecule has 2 rings (SSSR count). The van der Waals surface area contributed by atoms with Crippen molar-refractivity contribution >= 4 is 11.3 Å². The number of nitrogens with one attached hydrogen (secondary N) is 1. The van der Waals surface area contributed by atoms with Crippen LogP contribution in [0.5, 0.6) is 0 Å². The fourth-order valence-corrected chi connectivity index (χ4v) is 2.86. The molecule has 0 saturated heterocycles. The van der Waals surface area contributed by atoms with Gasteiger partial charge in [-0.1, -0.05) is 0 Å². The smallest absolute Gasteiger partial charge is 0.100 e. The summed E-state index contributed by atoms with van der Waals surface area (Å²) >= 11 is 1.65. The molecule has 1 heterocycles. The van der Waals surface area contributed by atoms with Crippen molar-refractivity contribution in [1.82, 2.24) is 5.32 Å². The van der Waals surface area contributed by atoms with Crippen LogP contribution in [0.1, 0.15) is 36.1 Å². The van der Waals surface area contributed by atoms with E-state index in [2.05, 4.69) is 11.4 Å². The number of thiophene rings is 1. The van der Waals surface area contributed by atoms with Gasteiger partial charge in [-0.2, -0.15) is 5.26 Å². The zero-order chi connectivity index (χ0) is 11.4. The molecule has 86 valence electrons. The second-order valence-corrected chi connectivity index (χ2v) is 5.40. The van der Waals surface area contributed by atoms with Crippen molar-refractivity contribution in [1.29, 1.82) is 5.26 Å². The van der Waals surface area contributed by atoms with Crippen molar-refractivity contribution in [3.8, 4) is 6.07 Å². The van der Waals surface area contributed by atoms with Gasteiger partial charge in [-0.15, -0.1) is 11.3 Å². The predicted molar refractivity (Wildman–Crippen MR) is 66.1 cm³/mol. The summed E-state index contributed by atoms with van der Waals surface area (Å²) in [5, 5.41) is 14.2. The van der Waals surface area contributed by atoms with Gasteiger partial charge in [0.25, 0.3) is 0 Å². The van der Waals surface area contributed by atoms with Crippen LogP contribution in [0, 0.1) is 11.3 Å². The summed E-state index contributed by atoms with van der Waals surface area (Å²) in [5.41, 5.74) is 6.63. The monoisotopic (exact) mass is 235 g/mol. The largest absolute Gasteiger partial charge is 0.328 e. The van der Waals surface area contributed by atoms with Crippen molar-refractivity contribution < 1.29 is 0 Å². The Bertz CT molecular complexity index is 372. The Kier molecular flexibility index (Phi) is 3.94. The molecule has 1 aliphatic rings. The molecular formula is C12H17N3S. The molecule has 3 N–H and O–H groups in total. The first-order chi connectivity index (χ1) is 7.78. The van der Waals surface area contributed by atoms with Gasteiger partial charge in [0, 0.05) is 28.9 Å². The molecule has 0 bridgehead atoms. The SMILES string of the molecule is N#Cc1csc(CNC2CCC(N)CC2)c1. The normalized spacial score (nSPS) is 25.2. The molecular weight excluding hydrogens is 218 g/mol. The lowest BCUT2D eigenvalue weighted by molar-refractivity contribution is 0.342. The molecule has 4 heteroatoms. The molecule has 1 saturated carbocycles. The number of rotatable bonds is 3. The average molecular weight is 235 g/mol.